The van der Waals surface area contributed by atoms with Crippen LogP contribution in [0.5, 0.6) is 0 Å². The van der Waals surface area contributed by atoms with Crippen molar-refractivity contribution in [3.05, 3.63) is 102 Å². The molecule has 5 rings (SSSR count). The van der Waals surface area contributed by atoms with E-state index in [-0.39, 0.29) is 42.0 Å². The number of fused-ring (bicyclic) bond motifs is 2. The van der Waals surface area contributed by atoms with Gasteiger partial charge in [-0.1, -0.05) is 85.8 Å². The number of sulfone groups is 1. The predicted octanol–water partition coefficient (Wildman–Crippen LogP) is 5.09. The zero-order valence-corrected chi connectivity index (χ0v) is 24.1. The monoisotopic (exact) mass is 577 g/mol. The molecule has 1 saturated carbocycles. The molecule has 3 aromatic carbocycles. The van der Waals surface area contributed by atoms with E-state index in [0.29, 0.717) is 12.8 Å². The Balaban J connectivity index is 1.33. The number of ether oxygens (including phenoxy) is 1. The molecule has 9 heteroatoms. The molecule has 1 amide bonds. The van der Waals surface area contributed by atoms with Gasteiger partial charge < -0.3 is 9.64 Å². The Kier molecular flexibility index (Phi) is 8.31. The summed E-state index contributed by atoms with van der Waals surface area (Å²) in [7, 11) is -3.67. The van der Waals surface area contributed by atoms with Crippen molar-refractivity contribution in [3.63, 3.8) is 0 Å². The van der Waals surface area contributed by atoms with Crippen molar-refractivity contribution < 1.29 is 32.5 Å². The second-order valence-electron chi connectivity index (χ2n) is 11.3. The molecule has 0 spiro atoms. The third-order valence-electron chi connectivity index (χ3n) is 8.21. The molecule has 0 aromatic heterocycles. The molecule has 0 N–H and O–H groups in total. The van der Waals surface area contributed by atoms with E-state index in [4.69, 9.17) is 14.5 Å². The molecule has 216 valence electrons. The Morgan fingerprint density at radius 1 is 0.854 bits per heavy atom. The first kappa shape index (κ1) is 29.0. The van der Waals surface area contributed by atoms with Gasteiger partial charge in [-0.25, -0.2) is 18.1 Å². The SMILES string of the molecule is CC1CCC2CC1(OC(=O)C(=O)N(Cc1ccccc1)Cc1ccccc1)OOC2(C)CS(=O)(=O)c1ccccc1. The Morgan fingerprint density at radius 3 is 1.95 bits per heavy atom. The largest absolute Gasteiger partial charge is 0.423 e. The van der Waals surface area contributed by atoms with Gasteiger partial charge in [-0.15, -0.1) is 0 Å². The number of rotatable bonds is 8. The lowest BCUT2D eigenvalue weighted by Crippen LogP contribution is -2.61. The first-order valence-corrected chi connectivity index (χ1v) is 15.5. The normalized spacial score (nSPS) is 25.7. The van der Waals surface area contributed by atoms with Gasteiger partial charge in [-0.2, -0.15) is 4.89 Å². The first-order chi connectivity index (χ1) is 19.6. The number of esters is 1. The zero-order valence-electron chi connectivity index (χ0n) is 23.3. The first-order valence-electron chi connectivity index (χ1n) is 13.8. The fourth-order valence-corrected chi connectivity index (χ4v) is 7.49. The lowest BCUT2D eigenvalue weighted by atomic mass is 9.71. The van der Waals surface area contributed by atoms with Crippen LogP contribution in [0.4, 0.5) is 0 Å². The highest BCUT2D eigenvalue weighted by Crippen LogP contribution is 2.50. The molecule has 41 heavy (non-hydrogen) atoms. The third-order valence-corrected chi connectivity index (χ3v) is 10.1. The molecule has 3 aromatic rings. The van der Waals surface area contributed by atoms with Crippen LogP contribution in [-0.4, -0.2) is 42.3 Å². The minimum absolute atomic E-state index is 0.208. The molecule has 8 nitrogen and oxygen atoms in total. The maximum atomic E-state index is 13.5. The smallest absolute Gasteiger partial charge is 0.399 e. The molecular weight excluding hydrogens is 542 g/mol. The van der Waals surface area contributed by atoms with E-state index in [1.54, 1.807) is 37.3 Å². The van der Waals surface area contributed by atoms with E-state index in [9.17, 15) is 18.0 Å². The van der Waals surface area contributed by atoms with E-state index >= 15 is 0 Å². The summed E-state index contributed by atoms with van der Waals surface area (Å²) in [5.41, 5.74) is 0.601. The van der Waals surface area contributed by atoms with E-state index in [1.807, 2.05) is 67.6 Å². The lowest BCUT2D eigenvalue weighted by Gasteiger charge is -2.52. The van der Waals surface area contributed by atoms with Crippen LogP contribution in [-0.2, 0) is 47.0 Å². The van der Waals surface area contributed by atoms with E-state index in [2.05, 4.69) is 0 Å². The summed E-state index contributed by atoms with van der Waals surface area (Å²) in [6, 6.07) is 27.1. The predicted molar refractivity (Wildman–Crippen MR) is 152 cm³/mol. The molecule has 1 aliphatic heterocycles. The Morgan fingerprint density at radius 2 is 1.39 bits per heavy atom. The van der Waals surface area contributed by atoms with Crippen LogP contribution < -0.4 is 0 Å². The number of benzene rings is 3. The number of hydrogen-bond acceptors (Lipinski definition) is 7. The Bertz CT molecular complexity index is 1420. The van der Waals surface area contributed by atoms with Crippen LogP contribution in [0, 0.1) is 11.8 Å². The highest BCUT2D eigenvalue weighted by molar-refractivity contribution is 7.91. The van der Waals surface area contributed by atoms with E-state index in [0.717, 1.165) is 11.1 Å². The van der Waals surface area contributed by atoms with Gasteiger partial charge in [0.1, 0.15) is 5.60 Å². The summed E-state index contributed by atoms with van der Waals surface area (Å²) in [6.07, 6.45) is 1.52. The van der Waals surface area contributed by atoms with Crippen molar-refractivity contribution in [1.29, 1.82) is 0 Å². The molecule has 1 heterocycles. The van der Waals surface area contributed by atoms with Crippen molar-refractivity contribution in [1.82, 2.24) is 4.90 Å². The number of hydrogen-bond donors (Lipinski definition) is 0. The van der Waals surface area contributed by atoms with Crippen LogP contribution in [0.3, 0.4) is 0 Å². The zero-order chi connectivity index (χ0) is 29.1. The molecule has 2 aliphatic rings. The van der Waals surface area contributed by atoms with Crippen LogP contribution in [0.15, 0.2) is 95.9 Å². The summed E-state index contributed by atoms with van der Waals surface area (Å²) in [6.45, 7) is 4.04. The highest BCUT2D eigenvalue weighted by Gasteiger charge is 2.59. The molecule has 2 fully saturated rings. The van der Waals surface area contributed by atoms with Crippen molar-refractivity contribution in [3.8, 4) is 0 Å². The van der Waals surface area contributed by atoms with E-state index < -0.39 is 33.1 Å². The van der Waals surface area contributed by atoms with Gasteiger partial charge in [0.2, 0.25) is 5.79 Å². The molecular formula is C32H35NO7S. The quantitative estimate of drug-likeness (QED) is 0.209. The van der Waals surface area contributed by atoms with Gasteiger partial charge in [0.15, 0.2) is 9.84 Å². The van der Waals surface area contributed by atoms with Crippen molar-refractivity contribution >= 4 is 21.7 Å². The highest BCUT2D eigenvalue weighted by atomic mass is 32.2. The molecule has 2 bridgehead atoms. The lowest BCUT2D eigenvalue weighted by molar-refractivity contribution is -0.506. The number of carbonyl (C=O) groups is 2. The number of nitrogens with zero attached hydrogens (tertiary/aromatic N) is 1. The maximum absolute atomic E-state index is 13.5. The van der Waals surface area contributed by atoms with Crippen LogP contribution in [0.1, 0.15) is 44.2 Å². The van der Waals surface area contributed by atoms with Crippen molar-refractivity contribution in [2.24, 2.45) is 11.8 Å². The summed E-state index contributed by atoms with van der Waals surface area (Å²) < 4.78 is 32.2. The molecule has 1 saturated heterocycles. The van der Waals surface area contributed by atoms with Gasteiger partial charge in [0.25, 0.3) is 0 Å². The molecule has 4 atom stereocenters. The number of carbonyl (C=O) groups excluding carboxylic acids is 2. The van der Waals surface area contributed by atoms with E-state index in [1.165, 1.54) is 4.90 Å². The Labute approximate surface area is 241 Å². The van der Waals surface area contributed by atoms with Gasteiger partial charge in [0.05, 0.1) is 10.6 Å². The average Bonchev–Trinajstić information content (AvgIpc) is 2.98. The standard InChI is InChI=1S/C32H35NO7S/c1-24-18-19-27-20-32(24,40-39-31(27,2)23-41(36,37)28-16-10-5-11-17-28)38-30(35)29(34)33(21-25-12-6-3-7-13-25)22-26-14-8-4-9-15-26/h3-17,24,27H,18-23H2,1-2H3. The maximum Gasteiger partial charge on any atom is 0.399 e. The van der Waals surface area contributed by atoms with Crippen molar-refractivity contribution in [2.75, 3.05) is 5.75 Å². The van der Waals surface area contributed by atoms with Crippen LogP contribution in [0.2, 0.25) is 0 Å². The third kappa shape index (κ3) is 6.37. The minimum atomic E-state index is -3.67. The van der Waals surface area contributed by atoms with Gasteiger partial charge in [-0.05, 0) is 48.9 Å². The second kappa shape index (κ2) is 11.8. The minimum Gasteiger partial charge on any atom is -0.423 e. The average molecular weight is 578 g/mol. The van der Waals surface area contributed by atoms with Gasteiger partial charge in [-0.3, -0.25) is 4.79 Å². The molecule has 0 radical (unpaired) electrons. The van der Waals surface area contributed by atoms with Crippen LogP contribution >= 0.6 is 0 Å². The number of amides is 1. The summed E-state index contributed by atoms with van der Waals surface area (Å²) in [4.78, 5) is 40.2. The van der Waals surface area contributed by atoms with Gasteiger partial charge in [0, 0.05) is 25.4 Å². The summed E-state index contributed by atoms with van der Waals surface area (Å²) in [5, 5.41) is 0. The Hall–Kier alpha value is -3.53. The topological polar surface area (TPSA) is 99.2 Å². The van der Waals surface area contributed by atoms with Crippen LogP contribution in [0.25, 0.3) is 0 Å². The van der Waals surface area contributed by atoms with Crippen molar-refractivity contribution in [2.45, 2.75) is 62.5 Å². The summed E-state index contributed by atoms with van der Waals surface area (Å²) >= 11 is 0. The summed E-state index contributed by atoms with van der Waals surface area (Å²) in [5.74, 6) is -4.12. The molecule has 1 aliphatic carbocycles. The molecule has 4 unspecified atom stereocenters. The fourth-order valence-electron chi connectivity index (χ4n) is 5.72. The second-order valence-corrected chi connectivity index (χ2v) is 13.3. The van der Waals surface area contributed by atoms with Gasteiger partial charge >= 0.3 is 11.9 Å². The fraction of sp³-hybridized carbons (Fsp3) is 0.375.